The number of halogens is 2. The third-order valence-electron chi connectivity index (χ3n) is 6.52. The highest BCUT2D eigenvalue weighted by Crippen LogP contribution is 2.44. The van der Waals surface area contributed by atoms with Gasteiger partial charge in [0.2, 0.25) is 0 Å². The number of anilines is 2. The SMILES string of the molecule is C=C(/C=C(\C=C/N)c1nc(NC(CC)CCN(C)C)c2c(C3CC3)cncc2n1)Nc1c(F)cccc1F. The average Bonchev–Trinajstić information content (AvgIpc) is 3.73. The fraction of sp³-hybridized carbons (Fsp3) is 0.345. The highest BCUT2D eigenvalue weighted by atomic mass is 19.1. The van der Waals surface area contributed by atoms with Crippen LogP contribution in [-0.4, -0.2) is 46.5 Å². The monoisotopic (exact) mass is 519 g/mol. The van der Waals surface area contributed by atoms with Crippen LogP contribution in [0.4, 0.5) is 20.3 Å². The number of nitrogens with zero attached hydrogens (tertiary/aromatic N) is 4. The fourth-order valence-electron chi connectivity index (χ4n) is 4.32. The third kappa shape index (κ3) is 6.52. The molecule has 1 aliphatic carbocycles. The van der Waals surface area contributed by atoms with Crippen molar-refractivity contribution in [1.82, 2.24) is 19.9 Å². The topological polar surface area (TPSA) is 92.0 Å². The van der Waals surface area contributed by atoms with Crippen LogP contribution in [0.3, 0.4) is 0 Å². The standard InChI is InChI=1S/C29H35F2N7/c1-5-21(12-14-38(3)4)35-29-26-22(19-9-10-19)16-33-17-25(26)36-28(37-29)20(11-13-32)15-18(2)34-27-23(30)7-6-8-24(27)31/h6-8,11,13,15-17,19,21,34H,2,5,9-10,12,14,32H2,1,3-4H3,(H,35,36,37)/b13-11-,20-15+. The zero-order valence-corrected chi connectivity index (χ0v) is 22.1. The highest BCUT2D eigenvalue weighted by molar-refractivity contribution is 5.93. The van der Waals surface area contributed by atoms with Gasteiger partial charge in [0.05, 0.1) is 11.7 Å². The molecule has 7 nitrogen and oxygen atoms in total. The van der Waals surface area contributed by atoms with E-state index in [1.54, 1.807) is 18.3 Å². The normalized spacial score (nSPS) is 14.8. The second-order valence-electron chi connectivity index (χ2n) is 9.84. The summed E-state index contributed by atoms with van der Waals surface area (Å²) in [5.41, 5.74) is 8.13. The van der Waals surface area contributed by atoms with Crippen molar-refractivity contribution >= 4 is 28.0 Å². The molecular weight excluding hydrogens is 484 g/mol. The minimum atomic E-state index is -0.717. The molecule has 2 aromatic heterocycles. The molecule has 1 aliphatic rings. The summed E-state index contributed by atoms with van der Waals surface area (Å²) in [6.07, 6.45) is 12.4. The first-order valence-corrected chi connectivity index (χ1v) is 12.9. The molecular formula is C29H35F2N7. The average molecular weight is 520 g/mol. The molecule has 200 valence electrons. The Morgan fingerprint density at radius 2 is 1.95 bits per heavy atom. The second kappa shape index (κ2) is 12.1. The van der Waals surface area contributed by atoms with Crippen LogP contribution in [0, 0.1) is 11.6 Å². The fourth-order valence-corrected chi connectivity index (χ4v) is 4.32. The van der Waals surface area contributed by atoms with Gasteiger partial charge in [-0.05, 0) is 88.3 Å². The van der Waals surface area contributed by atoms with Gasteiger partial charge < -0.3 is 21.3 Å². The van der Waals surface area contributed by atoms with Crippen LogP contribution in [0.25, 0.3) is 16.5 Å². The number of nitrogens with two attached hydrogens (primary N) is 1. The van der Waals surface area contributed by atoms with Crippen LogP contribution in [0.15, 0.2) is 61.2 Å². The molecule has 4 N–H and O–H groups in total. The molecule has 1 unspecified atom stereocenters. The largest absolute Gasteiger partial charge is 0.405 e. The quantitative estimate of drug-likeness (QED) is 0.260. The van der Waals surface area contributed by atoms with Crippen molar-refractivity contribution < 1.29 is 8.78 Å². The van der Waals surface area contributed by atoms with Crippen molar-refractivity contribution in [3.63, 3.8) is 0 Å². The summed E-state index contributed by atoms with van der Waals surface area (Å²) in [5.74, 6) is 0.171. The van der Waals surface area contributed by atoms with E-state index in [0.29, 0.717) is 17.3 Å². The first-order valence-electron chi connectivity index (χ1n) is 12.9. The summed E-state index contributed by atoms with van der Waals surface area (Å²) in [7, 11) is 4.12. The molecule has 38 heavy (non-hydrogen) atoms. The van der Waals surface area contributed by atoms with E-state index < -0.39 is 11.6 Å². The van der Waals surface area contributed by atoms with Gasteiger partial charge in [0.25, 0.3) is 0 Å². The lowest BCUT2D eigenvalue weighted by Crippen LogP contribution is -2.26. The van der Waals surface area contributed by atoms with E-state index >= 15 is 0 Å². The number of hydrogen-bond acceptors (Lipinski definition) is 7. The summed E-state index contributed by atoms with van der Waals surface area (Å²) < 4.78 is 28.4. The molecule has 2 heterocycles. The minimum Gasteiger partial charge on any atom is -0.405 e. The highest BCUT2D eigenvalue weighted by Gasteiger charge is 2.28. The Labute approximate surface area is 222 Å². The zero-order valence-electron chi connectivity index (χ0n) is 22.1. The molecule has 0 radical (unpaired) electrons. The molecule has 4 rings (SSSR count). The van der Waals surface area contributed by atoms with Gasteiger partial charge in [-0.2, -0.15) is 0 Å². The lowest BCUT2D eigenvalue weighted by Gasteiger charge is -2.22. The van der Waals surface area contributed by atoms with Crippen LogP contribution in [0.5, 0.6) is 0 Å². The van der Waals surface area contributed by atoms with E-state index in [2.05, 4.69) is 48.1 Å². The first kappa shape index (κ1) is 27.2. The van der Waals surface area contributed by atoms with Crippen LogP contribution in [0.2, 0.25) is 0 Å². The van der Waals surface area contributed by atoms with Crippen molar-refractivity contribution in [3.8, 4) is 0 Å². The second-order valence-corrected chi connectivity index (χ2v) is 9.84. The van der Waals surface area contributed by atoms with Crippen LogP contribution in [0.1, 0.15) is 49.9 Å². The Morgan fingerprint density at radius 1 is 1.21 bits per heavy atom. The van der Waals surface area contributed by atoms with Gasteiger partial charge >= 0.3 is 0 Å². The summed E-state index contributed by atoms with van der Waals surface area (Å²) in [5, 5.41) is 7.36. The van der Waals surface area contributed by atoms with E-state index in [1.165, 1.54) is 24.4 Å². The number of hydrogen-bond donors (Lipinski definition) is 3. The molecule has 1 atom stereocenters. The number of aromatic nitrogens is 3. The van der Waals surface area contributed by atoms with Crippen LogP contribution >= 0.6 is 0 Å². The number of para-hydroxylation sites is 1. The van der Waals surface area contributed by atoms with Crippen molar-refractivity contribution in [2.45, 2.75) is 44.6 Å². The first-order chi connectivity index (χ1) is 18.3. The predicted octanol–water partition coefficient (Wildman–Crippen LogP) is 5.80. The molecule has 1 aromatic carbocycles. The Kier molecular flexibility index (Phi) is 8.68. The minimum absolute atomic E-state index is 0.210. The number of fused-ring (bicyclic) bond motifs is 1. The number of nitrogens with one attached hydrogen (secondary N) is 2. The molecule has 3 aromatic rings. The number of pyridine rings is 1. The van der Waals surface area contributed by atoms with E-state index in [-0.39, 0.29) is 17.4 Å². The maximum Gasteiger partial charge on any atom is 0.162 e. The lowest BCUT2D eigenvalue weighted by molar-refractivity contribution is 0.383. The van der Waals surface area contributed by atoms with E-state index in [0.717, 1.165) is 54.5 Å². The van der Waals surface area contributed by atoms with Gasteiger partial charge in [-0.15, -0.1) is 0 Å². The summed E-state index contributed by atoms with van der Waals surface area (Å²) in [6.45, 7) is 7.02. The molecule has 0 saturated heterocycles. The van der Waals surface area contributed by atoms with Crippen molar-refractivity contribution in [2.24, 2.45) is 5.73 Å². The van der Waals surface area contributed by atoms with Crippen molar-refractivity contribution in [1.29, 1.82) is 0 Å². The Balaban J connectivity index is 1.76. The molecule has 0 spiro atoms. The molecule has 0 bridgehead atoms. The van der Waals surface area contributed by atoms with Crippen LogP contribution < -0.4 is 16.4 Å². The van der Waals surface area contributed by atoms with E-state index in [1.807, 2.05) is 6.20 Å². The summed E-state index contributed by atoms with van der Waals surface area (Å²) in [6, 6.07) is 3.87. The Bertz CT molecular complexity index is 1340. The maximum absolute atomic E-state index is 14.2. The van der Waals surface area contributed by atoms with E-state index in [9.17, 15) is 8.78 Å². The van der Waals surface area contributed by atoms with E-state index in [4.69, 9.17) is 15.7 Å². The predicted molar refractivity (Wildman–Crippen MR) is 151 cm³/mol. The smallest absolute Gasteiger partial charge is 0.162 e. The molecule has 0 amide bonds. The Hall–Kier alpha value is -3.85. The summed E-state index contributed by atoms with van der Waals surface area (Å²) >= 11 is 0. The zero-order chi connectivity index (χ0) is 27.2. The van der Waals surface area contributed by atoms with Gasteiger partial charge in [0.1, 0.15) is 23.1 Å². The van der Waals surface area contributed by atoms with Gasteiger partial charge in [-0.1, -0.05) is 19.6 Å². The van der Waals surface area contributed by atoms with Crippen molar-refractivity contribution in [2.75, 3.05) is 31.3 Å². The number of benzene rings is 1. The lowest BCUT2D eigenvalue weighted by atomic mass is 10.1. The van der Waals surface area contributed by atoms with Crippen molar-refractivity contribution in [3.05, 3.63) is 84.2 Å². The van der Waals surface area contributed by atoms with Gasteiger partial charge in [0, 0.05) is 28.9 Å². The maximum atomic E-state index is 14.2. The summed E-state index contributed by atoms with van der Waals surface area (Å²) in [4.78, 5) is 16.4. The Morgan fingerprint density at radius 3 is 2.58 bits per heavy atom. The van der Waals surface area contributed by atoms with Gasteiger partial charge in [-0.25, -0.2) is 18.7 Å². The van der Waals surface area contributed by atoms with Crippen LogP contribution in [-0.2, 0) is 0 Å². The molecule has 9 heteroatoms. The third-order valence-corrected chi connectivity index (χ3v) is 6.52. The molecule has 1 saturated carbocycles. The number of allylic oxidation sites excluding steroid dienone is 3. The molecule has 1 fully saturated rings. The van der Waals surface area contributed by atoms with Gasteiger partial charge in [0.15, 0.2) is 5.82 Å². The molecule has 0 aliphatic heterocycles. The number of rotatable bonds is 12. The van der Waals surface area contributed by atoms with Gasteiger partial charge in [-0.3, -0.25) is 4.98 Å².